The standard InChI is InChI=1S/C12H17ClN2O3S/c13-11-6-9(7-14)3-4-12(11)19(17,18)15-5-1-2-10(16)8-15/h3-4,6,10,16H,1-2,5,7-8,14H2. The van der Waals surface area contributed by atoms with Gasteiger partial charge in [0.25, 0.3) is 0 Å². The lowest BCUT2D eigenvalue weighted by Crippen LogP contribution is -2.42. The normalized spacial score (nSPS) is 21.5. The molecule has 1 aromatic carbocycles. The first-order valence-electron chi connectivity index (χ1n) is 6.12. The predicted molar refractivity (Wildman–Crippen MR) is 73.3 cm³/mol. The van der Waals surface area contributed by atoms with Crippen LogP contribution in [0.5, 0.6) is 0 Å². The summed E-state index contributed by atoms with van der Waals surface area (Å²) >= 11 is 6.02. The number of piperidine rings is 1. The quantitative estimate of drug-likeness (QED) is 0.870. The van der Waals surface area contributed by atoms with Crippen LogP contribution >= 0.6 is 11.6 Å². The van der Waals surface area contributed by atoms with Crippen LogP contribution in [-0.2, 0) is 16.6 Å². The van der Waals surface area contributed by atoms with Crippen molar-refractivity contribution in [1.82, 2.24) is 4.31 Å². The Balaban J connectivity index is 2.33. The molecule has 1 aliphatic rings. The first-order valence-corrected chi connectivity index (χ1v) is 7.93. The largest absolute Gasteiger partial charge is 0.392 e. The van der Waals surface area contributed by atoms with Crippen LogP contribution in [-0.4, -0.2) is 37.0 Å². The van der Waals surface area contributed by atoms with Crippen LogP contribution in [0.3, 0.4) is 0 Å². The molecule has 1 saturated heterocycles. The maximum Gasteiger partial charge on any atom is 0.244 e. The van der Waals surface area contributed by atoms with Crippen LogP contribution in [0.25, 0.3) is 0 Å². The molecular weight excluding hydrogens is 288 g/mol. The summed E-state index contributed by atoms with van der Waals surface area (Å²) in [7, 11) is -3.65. The van der Waals surface area contributed by atoms with Crippen LogP contribution in [0.1, 0.15) is 18.4 Å². The van der Waals surface area contributed by atoms with Crippen LogP contribution in [0.4, 0.5) is 0 Å². The minimum absolute atomic E-state index is 0.0699. The number of halogens is 1. The Morgan fingerprint density at radius 1 is 1.47 bits per heavy atom. The van der Waals surface area contributed by atoms with E-state index in [2.05, 4.69) is 0 Å². The van der Waals surface area contributed by atoms with Crippen LogP contribution in [0.15, 0.2) is 23.1 Å². The number of benzene rings is 1. The number of aliphatic hydroxyl groups excluding tert-OH is 1. The summed E-state index contributed by atoms with van der Waals surface area (Å²) in [6.45, 7) is 0.841. The van der Waals surface area contributed by atoms with Gasteiger partial charge < -0.3 is 10.8 Å². The Hall–Kier alpha value is -0.660. The van der Waals surface area contributed by atoms with Crippen molar-refractivity contribution in [2.45, 2.75) is 30.4 Å². The number of β-amino-alcohol motifs (C(OH)–C–C–N with tert-alkyl or cyclic N) is 1. The molecule has 0 radical (unpaired) electrons. The van der Waals surface area contributed by atoms with Gasteiger partial charge in [0.1, 0.15) is 4.90 Å². The van der Waals surface area contributed by atoms with Crippen LogP contribution in [0, 0.1) is 0 Å². The van der Waals surface area contributed by atoms with E-state index < -0.39 is 16.1 Å². The predicted octanol–water partition coefficient (Wildman–Crippen LogP) is 0.944. The average Bonchev–Trinajstić information content (AvgIpc) is 2.38. The highest BCUT2D eigenvalue weighted by Crippen LogP contribution is 2.27. The van der Waals surface area contributed by atoms with Gasteiger partial charge in [0.05, 0.1) is 11.1 Å². The van der Waals surface area contributed by atoms with Gasteiger partial charge in [0.2, 0.25) is 10.0 Å². The lowest BCUT2D eigenvalue weighted by atomic mass is 10.1. The van der Waals surface area contributed by atoms with E-state index in [1.807, 2.05) is 0 Å². The molecule has 5 nitrogen and oxygen atoms in total. The molecule has 3 N–H and O–H groups in total. The summed E-state index contributed by atoms with van der Waals surface area (Å²) in [6.07, 6.45) is 0.677. The number of rotatable bonds is 3. The molecule has 106 valence electrons. The number of nitrogens with zero attached hydrogens (tertiary/aromatic N) is 1. The molecule has 7 heteroatoms. The summed E-state index contributed by atoms with van der Waals surface area (Å²) in [4.78, 5) is 0.0699. The topological polar surface area (TPSA) is 83.6 Å². The van der Waals surface area contributed by atoms with Gasteiger partial charge in [-0.15, -0.1) is 0 Å². The second-order valence-corrected chi connectivity index (χ2v) is 6.94. The van der Waals surface area contributed by atoms with Crippen molar-refractivity contribution in [3.8, 4) is 0 Å². The second kappa shape index (κ2) is 5.76. The van der Waals surface area contributed by atoms with E-state index in [9.17, 15) is 13.5 Å². The maximum atomic E-state index is 12.5. The zero-order valence-corrected chi connectivity index (χ0v) is 12.0. The zero-order valence-electron chi connectivity index (χ0n) is 10.4. The monoisotopic (exact) mass is 304 g/mol. The lowest BCUT2D eigenvalue weighted by Gasteiger charge is -2.29. The molecule has 0 bridgehead atoms. The molecule has 1 heterocycles. The van der Waals surface area contributed by atoms with E-state index in [0.717, 1.165) is 5.56 Å². The summed E-state index contributed by atoms with van der Waals surface area (Å²) in [5.41, 5.74) is 6.27. The van der Waals surface area contributed by atoms with E-state index in [1.54, 1.807) is 12.1 Å². The minimum Gasteiger partial charge on any atom is -0.392 e. The Bertz CT molecular complexity index is 562. The smallest absolute Gasteiger partial charge is 0.244 e. The third-order valence-electron chi connectivity index (χ3n) is 3.21. The Kier molecular flexibility index (Phi) is 4.47. The van der Waals surface area contributed by atoms with Gasteiger partial charge in [-0.3, -0.25) is 0 Å². The highest BCUT2D eigenvalue weighted by Gasteiger charge is 2.30. The van der Waals surface area contributed by atoms with Crippen molar-refractivity contribution >= 4 is 21.6 Å². The fourth-order valence-corrected chi connectivity index (χ4v) is 4.22. The molecule has 2 rings (SSSR count). The van der Waals surface area contributed by atoms with Crippen molar-refractivity contribution in [3.05, 3.63) is 28.8 Å². The minimum atomic E-state index is -3.65. The van der Waals surface area contributed by atoms with E-state index in [1.165, 1.54) is 10.4 Å². The van der Waals surface area contributed by atoms with Crippen LogP contribution in [0.2, 0.25) is 5.02 Å². The molecule has 0 aromatic heterocycles. The molecule has 19 heavy (non-hydrogen) atoms. The van der Waals surface area contributed by atoms with Crippen molar-refractivity contribution in [2.75, 3.05) is 13.1 Å². The van der Waals surface area contributed by atoms with E-state index >= 15 is 0 Å². The summed E-state index contributed by atoms with van der Waals surface area (Å²) in [6, 6.07) is 4.69. The number of sulfonamides is 1. The Morgan fingerprint density at radius 3 is 2.79 bits per heavy atom. The third kappa shape index (κ3) is 3.09. The maximum absolute atomic E-state index is 12.5. The summed E-state index contributed by atoms with van der Waals surface area (Å²) < 4.78 is 26.2. The number of aliphatic hydroxyl groups is 1. The van der Waals surface area contributed by atoms with Gasteiger partial charge >= 0.3 is 0 Å². The van der Waals surface area contributed by atoms with Crippen molar-refractivity contribution in [2.24, 2.45) is 5.73 Å². The Labute approximate surface area is 118 Å². The highest BCUT2D eigenvalue weighted by molar-refractivity contribution is 7.89. The van der Waals surface area contributed by atoms with Gasteiger partial charge in [0.15, 0.2) is 0 Å². The molecule has 0 aliphatic carbocycles. The van der Waals surface area contributed by atoms with Gasteiger partial charge in [0, 0.05) is 19.6 Å². The summed E-state index contributed by atoms with van der Waals surface area (Å²) in [5.74, 6) is 0. The molecule has 1 aromatic rings. The first kappa shape index (κ1) is 14.7. The molecule has 0 amide bonds. The van der Waals surface area contributed by atoms with Crippen molar-refractivity contribution in [3.63, 3.8) is 0 Å². The number of hydrogen-bond acceptors (Lipinski definition) is 4. The van der Waals surface area contributed by atoms with Crippen LogP contribution < -0.4 is 5.73 Å². The third-order valence-corrected chi connectivity index (χ3v) is 5.56. The molecule has 0 spiro atoms. The fourth-order valence-electron chi connectivity index (χ4n) is 2.16. The number of nitrogens with two attached hydrogens (primary N) is 1. The molecule has 1 aliphatic heterocycles. The van der Waals surface area contributed by atoms with Crippen molar-refractivity contribution in [1.29, 1.82) is 0 Å². The van der Waals surface area contributed by atoms with Gasteiger partial charge in [-0.05, 0) is 30.5 Å². The molecular formula is C12H17ClN2O3S. The molecule has 1 atom stereocenters. The lowest BCUT2D eigenvalue weighted by molar-refractivity contribution is 0.108. The fraction of sp³-hybridized carbons (Fsp3) is 0.500. The first-order chi connectivity index (χ1) is 8.95. The molecule has 1 unspecified atom stereocenters. The van der Waals surface area contributed by atoms with E-state index in [0.29, 0.717) is 25.9 Å². The second-order valence-electron chi connectivity index (χ2n) is 4.63. The van der Waals surface area contributed by atoms with E-state index in [4.69, 9.17) is 17.3 Å². The number of hydrogen-bond donors (Lipinski definition) is 2. The van der Waals surface area contributed by atoms with Gasteiger partial charge in [-0.1, -0.05) is 17.7 Å². The average molecular weight is 305 g/mol. The van der Waals surface area contributed by atoms with E-state index in [-0.39, 0.29) is 16.5 Å². The van der Waals surface area contributed by atoms with Gasteiger partial charge in [-0.25, -0.2) is 8.42 Å². The SMILES string of the molecule is NCc1ccc(S(=O)(=O)N2CCCC(O)C2)c(Cl)c1. The van der Waals surface area contributed by atoms with Crippen molar-refractivity contribution < 1.29 is 13.5 Å². The summed E-state index contributed by atoms with van der Waals surface area (Å²) in [5, 5.41) is 9.76. The highest BCUT2D eigenvalue weighted by atomic mass is 35.5. The Morgan fingerprint density at radius 2 is 2.21 bits per heavy atom. The van der Waals surface area contributed by atoms with Gasteiger partial charge in [-0.2, -0.15) is 4.31 Å². The zero-order chi connectivity index (χ0) is 14.0. The molecule has 1 fully saturated rings. The molecule has 0 saturated carbocycles.